The number of nitrogens with zero attached hydrogens (tertiary/aromatic N) is 1. The van der Waals surface area contributed by atoms with E-state index in [0.29, 0.717) is 22.1 Å². The van der Waals surface area contributed by atoms with Gasteiger partial charge in [0.2, 0.25) is 5.91 Å². The number of hydrogen-bond acceptors (Lipinski definition) is 5. The molecule has 0 saturated heterocycles. The maximum absolute atomic E-state index is 12.4. The molecule has 1 heterocycles. The molecule has 1 aromatic heterocycles. The quantitative estimate of drug-likeness (QED) is 0.605. The molecule has 7 nitrogen and oxygen atoms in total. The lowest BCUT2D eigenvalue weighted by molar-refractivity contribution is -0.114. The summed E-state index contributed by atoms with van der Waals surface area (Å²) in [5.74, 6) is 0.324. The summed E-state index contributed by atoms with van der Waals surface area (Å²) in [5, 5.41) is 8.83. The van der Waals surface area contributed by atoms with Crippen molar-refractivity contribution >= 4 is 50.0 Å². The first-order valence-corrected chi connectivity index (χ1v) is 9.24. The summed E-state index contributed by atoms with van der Waals surface area (Å²) in [5.41, 5.74) is 3.04. The Labute approximate surface area is 160 Å². The molecule has 2 aromatic carbocycles. The summed E-state index contributed by atoms with van der Waals surface area (Å²) < 4.78 is 6.18. The smallest absolute Gasteiger partial charge is 0.323 e. The molecule has 0 saturated carbocycles. The monoisotopic (exact) mass is 384 g/mol. The van der Waals surface area contributed by atoms with Gasteiger partial charge in [0.05, 0.1) is 11.8 Å². The number of hydrogen-bond donors (Lipinski definition) is 3. The van der Waals surface area contributed by atoms with Gasteiger partial charge in [-0.3, -0.25) is 4.79 Å². The van der Waals surface area contributed by atoms with E-state index >= 15 is 0 Å². The van der Waals surface area contributed by atoms with Crippen molar-refractivity contribution in [2.75, 3.05) is 23.1 Å². The number of rotatable bonds is 5. The largest absolute Gasteiger partial charge is 0.494 e. The van der Waals surface area contributed by atoms with Crippen LogP contribution in [0.4, 0.5) is 21.3 Å². The van der Waals surface area contributed by atoms with Crippen LogP contribution in [0.15, 0.2) is 36.4 Å². The minimum Gasteiger partial charge on any atom is -0.494 e. The van der Waals surface area contributed by atoms with Crippen molar-refractivity contribution in [1.29, 1.82) is 0 Å². The number of anilines is 3. The predicted octanol–water partition coefficient (Wildman–Crippen LogP) is 4.47. The van der Waals surface area contributed by atoms with Crippen LogP contribution < -0.4 is 20.7 Å². The predicted molar refractivity (Wildman–Crippen MR) is 109 cm³/mol. The van der Waals surface area contributed by atoms with Crippen LogP contribution in [0.25, 0.3) is 10.2 Å². The van der Waals surface area contributed by atoms with Crippen LogP contribution in [-0.4, -0.2) is 24.0 Å². The van der Waals surface area contributed by atoms with Gasteiger partial charge >= 0.3 is 6.03 Å². The number of carbonyl (C=O) groups is 2. The highest BCUT2D eigenvalue weighted by Gasteiger charge is 2.13. The molecule has 0 atom stereocenters. The van der Waals surface area contributed by atoms with Crippen molar-refractivity contribution < 1.29 is 14.3 Å². The van der Waals surface area contributed by atoms with Crippen LogP contribution in [0.1, 0.15) is 19.4 Å². The van der Waals surface area contributed by atoms with Gasteiger partial charge in [0.25, 0.3) is 0 Å². The Morgan fingerprint density at radius 1 is 1.15 bits per heavy atom. The second kappa shape index (κ2) is 8.05. The summed E-state index contributed by atoms with van der Waals surface area (Å²) >= 11 is 1.31. The summed E-state index contributed by atoms with van der Waals surface area (Å²) in [7, 11) is 1.54. The fourth-order valence-corrected chi connectivity index (χ4v) is 3.63. The van der Waals surface area contributed by atoms with Crippen molar-refractivity contribution in [1.82, 2.24) is 4.98 Å². The van der Waals surface area contributed by atoms with E-state index < -0.39 is 0 Å². The molecule has 0 aliphatic carbocycles. The fraction of sp³-hybridized carbons (Fsp3) is 0.211. The third-order valence-corrected chi connectivity index (χ3v) is 4.78. The number of fused-ring (bicyclic) bond motifs is 1. The SMILES string of the molecule is CCc1ccccc1NC(=O)Nc1cc(OC)c2nc(NC(C)=O)sc2c1. The molecule has 0 unspecified atom stereocenters. The lowest BCUT2D eigenvalue weighted by Gasteiger charge is -2.11. The van der Waals surface area contributed by atoms with Crippen molar-refractivity contribution in [3.05, 3.63) is 42.0 Å². The lowest BCUT2D eigenvalue weighted by atomic mass is 10.1. The summed E-state index contributed by atoms with van der Waals surface area (Å²) in [6.07, 6.45) is 0.822. The molecule has 140 valence electrons. The topological polar surface area (TPSA) is 92.3 Å². The fourth-order valence-electron chi connectivity index (χ4n) is 2.67. The molecule has 0 fully saturated rings. The van der Waals surface area contributed by atoms with Gasteiger partial charge in [-0.2, -0.15) is 0 Å². The average Bonchev–Trinajstić information content (AvgIpc) is 3.02. The zero-order chi connectivity index (χ0) is 19.4. The van der Waals surface area contributed by atoms with Gasteiger partial charge < -0.3 is 20.7 Å². The molecule has 0 radical (unpaired) electrons. The number of methoxy groups -OCH3 is 1. The number of amides is 3. The minimum atomic E-state index is -0.344. The van der Waals surface area contributed by atoms with Crippen LogP contribution in [-0.2, 0) is 11.2 Å². The average molecular weight is 384 g/mol. The van der Waals surface area contributed by atoms with Gasteiger partial charge in [-0.15, -0.1) is 0 Å². The zero-order valence-electron chi connectivity index (χ0n) is 15.3. The van der Waals surface area contributed by atoms with E-state index in [1.165, 1.54) is 25.4 Å². The second-order valence-electron chi connectivity index (χ2n) is 5.82. The maximum Gasteiger partial charge on any atom is 0.323 e. The van der Waals surface area contributed by atoms with Crippen LogP contribution in [0, 0.1) is 0 Å². The van der Waals surface area contributed by atoms with E-state index in [9.17, 15) is 9.59 Å². The second-order valence-corrected chi connectivity index (χ2v) is 6.85. The number of ether oxygens (including phenoxy) is 1. The molecule has 0 aliphatic heterocycles. The first kappa shape index (κ1) is 18.7. The maximum atomic E-state index is 12.4. The Hall–Kier alpha value is -3.13. The lowest BCUT2D eigenvalue weighted by Crippen LogP contribution is -2.20. The van der Waals surface area contributed by atoms with Gasteiger partial charge in [0.15, 0.2) is 5.13 Å². The number of para-hydroxylation sites is 1. The number of aryl methyl sites for hydroxylation is 1. The van der Waals surface area contributed by atoms with E-state index in [0.717, 1.165) is 22.4 Å². The van der Waals surface area contributed by atoms with E-state index in [1.807, 2.05) is 31.2 Å². The van der Waals surface area contributed by atoms with Gasteiger partial charge in [-0.25, -0.2) is 9.78 Å². The Morgan fingerprint density at radius 2 is 1.93 bits per heavy atom. The molecule has 3 rings (SSSR count). The molecule has 8 heteroatoms. The van der Waals surface area contributed by atoms with E-state index in [4.69, 9.17) is 4.74 Å². The van der Waals surface area contributed by atoms with E-state index in [-0.39, 0.29) is 11.9 Å². The Balaban J connectivity index is 1.83. The molecule has 3 N–H and O–H groups in total. The Kier molecular flexibility index (Phi) is 5.56. The van der Waals surface area contributed by atoms with E-state index in [1.54, 1.807) is 12.1 Å². The van der Waals surface area contributed by atoms with Gasteiger partial charge in [-0.05, 0) is 24.1 Å². The Bertz CT molecular complexity index is 1000. The van der Waals surface area contributed by atoms with Gasteiger partial charge in [0.1, 0.15) is 11.3 Å². The van der Waals surface area contributed by atoms with Crippen LogP contribution >= 0.6 is 11.3 Å². The minimum absolute atomic E-state index is 0.194. The highest BCUT2D eigenvalue weighted by molar-refractivity contribution is 7.22. The third kappa shape index (κ3) is 4.35. The zero-order valence-corrected chi connectivity index (χ0v) is 16.1. The van der Waals surface area contributed by atoms with Crippen molar-refractivity contribution in [2.24, 2.45) is 0 Å². The van der Waals surface area contributed by atoms with Crippen LogP contribution in [0.3, 0.4) is 0 Å². The van der Waals surface area contributed by atoms with Gasteiger partial charge in [-0.1, -0.05) is 36.5 Å². The van der Waals surface area contributed by atoms with E-state index in [2.05, 4.69) is 20.9 Å². The highest BCUT2D eigenvalue weighted by atomic mass is 32.1. The summed E-state index contributed by atoms with van der Waals surface area (Å²) in [6, 6.07) is 10.8. The molecule has 3 aromatic rings. The summed E-state index contributed by atoms with van der Waals surface area (Å²) in [4.78, 5) is 28.0. The number of benzene rings is 2. The van der Waals surface area contributed by atoms with Crippen molar-refractivity contribution in [3.63, 3.8) is 0 Å². The third-order valence-electron chi connectivity index (χ3n) is 3.87. The number of nitrogens with one attached hydrogen (secondary N) is 3. The van der Waals surface area contributed by atoms with Crippen LogP contribution in [0.2, 0.25) is 0 Å². The highest BCUT2D eigenvalue weighted by Crippen LogP contribution is 2.35. The molecule has 0 bridgehead atoms. The number of carbonyl (C=O) groups excluding carboxylic acids is 2. The molecular weight excluding hydrogens is 364 g/mol. The summed E-state index contributed by atoms with van der Waals surface area (Å²) in [6.45, 7) is 3.46. The van der Waals surface area contributed by atoms with Crippen molar-refractivity contribution in [2.45, 2.75) is 20.3 Å². The number of thiazole rings is 1. The molecule has 0 spiro atoms. The first-order valence-electron chi connectivity index (χ1n) is 8.42. The number of aromatic nitrogens is 1. The number of urea groups is 1. The standard InChI is InChI=1S/C19H20N4O3S/c1-4-12-7-5-6-8-14(12)22-18(25)21-13-9-15(26-3)17-16(10-13)27-19(23-17)20-11(2)24/h5-10H,4H2,1-3H3,(H,20,23,24)(H2,21,22,25). The van der Waals surface area contributed by atoms with Gasteiger partial charge in [0, 0.05) is 24.4 Å². The Morgan fingerprint density at radius 3 is 2.63 bits per heavy atom. The molecule has 27 heavy (non-hydrogen) atoms. The molecule has 3 amide bonds. The first-order chi connectivity index (χ1) is 13.0. The molecular formula is C19H20N4O3S. The molecule has 0 aliphatic rings. The normalized spacial score (nSPS) is 10.5. The van der Waals surface area contributed by atoms with Crippen LogP contribution in [0.5, 0.6) is 5.75 Å². The van der Waals surface area contributed by atoms with Crippen molar-refractivity contribution in [3.8, 4) is 5.75 Å².